The smallest absolute Gasteiger partial charge is 0.308 e. The fraction of sp³-hybridized carbons (Fsp3) is 0.207. The first-order valence-corrected chi connectivity index (χ1v) is 24.4. The third-order valence-electron chi connectivity index (χ3n) is 11.9. The van der Waals surface area contributed by atoms with Crippen LogP contribution in [0.5, 0.6) is 0 Å². The van der Waals surface area contributed by atoms with Crippen molar-refractivity contribution in [1.82, 2.24) is 15.0 Å². The number of carbonyl (C=O) groups excluding carboxylic acids is 3. The fourth-order valence-electron chi connectivity index (χ4n) is 7.46. The summed E-state index contributed by atoms with van der Waals surface area (Å²) in [5.74, 6) is 12.3. The predicted molar refractivity (Wildman–Crippen MR) is 303 cm³/mol. The Balaban J connectivity index is 1.35. The second kappa shape index (κ2) is 23.1. The van der Waals surface area contributed by atoms with Crippen LogP contribution in [0.15, 0.2) is 127 Å². The number of hydrogen-bond donors (Lipinski definition) is 6. The van der Waals surface area contributed by atoms with E-state index in [0.717, 1.165) is 16.7 Å². The lowest BCUT2D eigenvalue weighted by Crippen LogP contribution is -2.20. The summed E-state index contributed by atoms with van der Waals surface area (Å²) in [6, 6.07) is 30.2. The predicted octanol–water partition coefficient (Wildman–Crippen LogP) is 12.9. The molecule has 21 nitrogen and oxygen atoms in total. The number of benzene rings is 6. The maximum atomic E-state index is 13.6. The third kappa shape index (κ3) is 15.1. The van der Waals surface area contributed by atoms with E-state index in [2.05, 4.69) is 60.6 Å². The topological polar surface area (TPSA) is 291 Å². The summed E-state index contributed by atoms with van der Waals surface area (Å²) in [6.07, 6.45) is 0. The highest BCUT2D eigenvalue weighted by atomic mass is 16.6. The molecule has 6 N–H and O–H groups in total. The normalized spacial score (nSPS) is 11.1. The van der Waals surface area contributed by atoms with Gasteiger partial charge in [-0.15, -0.1) is 0 Å². The first kappa shape index (κ1) is 56.2. The van der Waals surface area contributed by atoms with E-state index in [1.54, 1.807) is 18.2 Å². The number of aromatic nitrogens is 3. The van der Waals surface area contributed by atoms with Crippen LogP contribution < -0.4 is 31.9 Å². The fourth-order valence-corrected chi connectivity index (χ4v) is 7.46. The van der Waals surface area contributed by atoms with Crippen LogP contribution in [0.1, 0.15) is 102 Å². The van der Waals surface area contributed by atoms with E-state index in [9.17, 15) is 44.7 Å². The minimum absolute atomic E-state index is 0.0499. The van der Waals surface area contributed by atoms with Crippen LogP contribution in [-0.2, 0) is 16.2 Å². The minimum atomic E-state index is -0.680. The van der Waals surface area contributed by atoms with Gasteiger partial charge in [0.1, 0.15) is 0 Å². The lowest BCUT2D eigenvalue weighted by molar-refractivity contribution is -0.385. The number of nitro groups is 3. The first-order valence-electron chi connectivity index (χ1n) is 24.4. The van der Waals surface area contributed by atoms with E-state index in [1.165, 1.54) is 72.8 Å². The molecule has 6 aromatic carbocycles. The van der Waals surface area contributed by atoms with Crippen LogP contribution in [0.3, 0.4) is 0 Å². The van der Waals surface area contributed by atoms with Crippen molar-refractivity contribution in [1.29, 1.82) is 0 Å². The van der Waals surface area contributed by atoms with Crippen LogP contribution in [0, 0.1) is 54.0 Å². The van der Waals surface area contributed by atoms with Crippen molar-refractivity contribution < 1.29 is 29.2 Å². The molecule has 6 amide bonds. The molecule has 7 rings (SSSR count). The van der Waals surface area contributed by atoms with Gasteiger partial charge in [-0.2, -0.15) is 4.98 Å². The van der Waals surface area contributed by atoms with Gasteiger partial charge in [0.05, 0.1) is 31.8 Å². The maximum absolute atomic E-state index is 13.6. The molecule has 1 aromatic heterocycles. The van der Waals surface area contributed by atoms with Gasteiger partial charge in [-0.3, -0.25) is 30.3 Å². The number of hydrogen-bond acceptors (Lipinski definition) is 12. The van der Waals surface area contributed by atoms with Crippen molar-refractivity contribution in [2.45, 2.75) is 78.6 Å². The zero-order valence-corrected chi connectivity index (χ0v) is 44.5. The molecule has 0 fully saturated rings. The van der Waals surface area contributed by atoms with Gasteiger partial charge in [-0.1, -0.05) is 92.4 Å². The molecule has 0 saturated carbocycles. The Hall–Kier alpha value is -10.5. The summed E-state index contributed by atoms with van der Waals surface area (Å²) >= 11 is 0. The monoisotopic (exact) mass is 1060 g/mol. The highest BCUT2D eigenvalue weighted by Crippen LogP contribution is 2.34. The van der Waals surface area contributed by atoms with Crippen LogP contribution in [0.2, 0.25) is 0 Å². The maximum Gasteiger partial charge on any atom is 0.323 e. The molecule has 21 heteroatoms. The van der Waals surface area contributed by atoms with E-state index in [0.29, 0.717) is 39.4 Å². The van der Waals surface area contributed by atoms with Gasteiger partial charge in [-0.25, -0.2) is 24.4 Å². The molecule has 0 radical (unpaired) electrons. The number of nitrogens with one attached hydrogen (secondary N) is 6. The number of nitro benzene ring substituents is 3. The van der Waals surface area contributed by atoms with Crippen LogP contribution in [0.25, 0.3) is 11.4 Å². The van der Waals surface area contributed by atoms with E-state index >= 15 is 0 Å². The number of amides is 6. The van der Waals surface area contributed by atoms with Crippen molar-refractivity contribution >= 4 is 69.3 Å². The van der Waals surface area contributed by atoms with Crippen molar-refractivity contribution in [2.24, 2.45) is 0 Å². The molecule has 0 atom stereocenters. The quantitative estimate of drug-likeness (QED) is 0.0423. The molecule has 1 heterocycles. The molecular formula is C58H54N12O9. The zero-order valence-electron chi connectivity index (χ0n) is 44.5. The Morgan fingerprint density at radius 2 is 0.696 bits per heavy atom. The van der Waals surface area contributed by atoms with Crippen LogP contribution in [-0.4, -0.2) is 47.8 Å². The molecule has 0 unspecified atom stereocenters. The molecule has 7 aromatic rings. The number of non-ortho nitro benzene ring substituents is 3. The molecule has 0 aliphatic carbocycles. The summed E-state index contributed by atoms with van der Waals surface area (Å²) in [4.78, 5) is 86.9. The second-order valence-corrected chi connectivity index (χ2v) is 21.0. The van der Waals surface area contributed by atoms with Gasteiger partial charge in [0.25, 0.3) is 17.1 Å². The molecule has 0 bridgehead atoms. The Morgan fingerprint density at radius 3 is 1.01 bits per heavy atom. The molecular weight excluding hydrogens is 1010 g/mol. The number of rotatable bonds is 10. The van der Waals surface area contributed by atoms with Crippen LogP contribution >= 0.6 is 0 Å². The molecule has 0 spiro atoms. The van der Waals surface area contributed by atoms with Crippen molar-refractivity contribution in [3.05, 3.63) is 197 Å². The standard InChI is InChI=1S/C58H54N12O9/c1-56(2,3)37-12-27-47(62-53(71)59-40-15-21-43(22-16-40)68(74)75)35(32-37)10-30-50-65-51(31-11-36-33-38(57(4,5)6)13-28-48(36)63-54(72)60-41-17-23-44(24-18-41)69(76)77)67-52(66-50)46-34-39(58(7,8)9)14-29-49(46)64-55(73)61-42-19-25-45(26-20-42)70(78)79/h12-29,32-34H,1-9H3,(H2,59,62,71)(H2,60,63,72)(H2,61,64,73). The second-order valence-electron chi connectivity index (χ2n) is 21.0. The average molecular weight is 1060 g/mol. The largest absolute Gasteiger partial charge is 0.323 e. The van der Waals surface area contributed by atoms with Gasteiger partial charge in [0.2, 0.25) is 11.6 Å². The summed E-state index contributed by atoms with van der Waals surface area (Å²) < 4.78 is 0. The summed E-state index contributed by atoms with van der Waals surface area (Å²) in [5, 5.41) is 50.3. The number of nitrogens with zero attached hydrogens (tertiary/aromatic N) is 6. The van der Waals surface area contributed by atoms with Crippen molar-refractivity contribution in [3.8, 4) is 35.1 Å². The van der Waals surface area contributed by atoms with Gasteiger partial charge < -0.3 is 31.9 Å². The van der Waals surface area contributed by atoms with Crippen molar-refractivity contribution in [3.63, 3.8) is 0 Å². The Bertz CT molecular complexity index is 3500. The summed E-state index contributed by atoms with van der Waals surface area (Å²) in [6.45, 7) is 18.1. The SMILES string of the molecule is CC(C)(C)c1ccc(NC(=O)Nc2ccc([N+](=O)[O-])cc2)c(C#Cc2nc(C#Cc3cc(C(C)(C)C)ccc3NC(=O)Nc3ccc([N+](=O)[O-])cc3)nc(-c3cc(C(C)(C)C)ccc3NC(=O)Nc3ccc([N+](=O)[O-])cc3)n2)c1. The molecule has 0 aliphatic heterocycles. The van der Waals surface area contributed by atoms with Crippen molar-refractivity contribution in [2.75, 3.05) is 31.9 Å². The van der Waals surface area contributed by atoms with Gasteiger partial charge in [0.15, 0.2) is 5.82 Å². The summed E-state index contributed by atoms with van der Waals surface area (Å²) in [5.41, 5.74) is 3.94. The van der Waals surface area contributed by atoms with E-state index in [4.69, 9.17) is 9.97 Å². The van der Waals surface area contributed by atoms with E-state index in [1.807, 2.05) is 98.7 Å². The van der Waals surface area contributed by atoms with Gasteiger partial charge in [-0.05, 0) is 118 Å². The highest BCUT2D eigenvalue weighted by molar-refractivity contribution is 6.03. The number of carbonyl (C=O) groups is 3. The Labute approximate surface area is 454 Å². The van der Waals surface area contributed by atoms with Gasteiger partial charge >= 0.3 is 18.1 Å². The average Bonchev–Trinajstić information content (AvgIpc) is 3.43. The zero-order chi connectivity index (χ0) is 57.4. The van der Waals surface area contributed by atoms with Gasteiger partial charge in [0, 0.05) is 70.2 Å². The molecule has 79 heavy (non-hydrogen) atoms. The van der Waals surface area contributed by atoms with E-state index in [-0.39, 0.29) is 56.7 Å². The molecule has 400 valence electrons. The lowest BCUT2D eigenvalue weighted by Gasteiger charge is -2.21. The Kier molecular flexibility index (Phi) is 16.5. The molecule has 0 saturated heterocycles. The Morgan fingerprint density at radius 1 is 0.392 bits per heavy atom. The van der Waals surface area contributed by atoms with Crippen LogP contribution in [0.4, 0.5) is 65.6 Å². The summed E-state index contributed by atoms with van der Waals surface area (Å²) in [7, 11) is 0. The van der Waals surface area contributed by atoms with E-state index < -0.39 is 38.3 Å². The molecule has 0 aliphatic rings. The third-order valence-corrected chi connectivity index (χ3v) is 11.9. The number of urea groups is 3. The first-order chi connectivity index (χ1) is 37.2. The number of anilines is 6. The highest BCUT2D eigenvalue weighted by Gasteiger charge is 2.22. The lowest BCUT2D eigenvalue weighted by atomic mass is 9.85. The minimum Gasteiger partial charge on any atom is -0.308 e.